The molecular weight excluding hydrogens is 330 g/mol. The minimum absolute atomic E-state index is 0.0908. The van der Waals surface area contributed by atoms with Gasteiger partial charge in [-0.15, -0.1) is 0 Å². The zero-order valence-corrected chi connectivity index (χ0v) is 13.5. The van der Waals surface area contributed by atoms with Crippen LogP contribution < -0.4 is 20.1 Å². The van der Waals surface area contributed by atoms with Gasteiger partial charge in [0, 0.05) is 32.0 Å². The van der Waals surface area contributed by atoms with Gasteiger partial charge in [-0.2, -0.15) is 0 Å². The zero-order chi connectivity index (χ0) is 17.6. The number of nitrogens with one attached hydrogen (secondary N) is 2. The molecule has 10 nitrogen and oxygen atoms in total. The topological polar surface area (TPSA) is 121 Å². The fraction of sp³-hybridized carbons (Fsp3) is 0.333. The summed E-state index contributed by atoms with van der Waals surface area (Å²) in [6.45, 7) is 1.20. The zero-order valence-electron chi connectivity index (χ0n) is 13.5. The Hall–Kier alpha value is -3.14. The first kappa shape index (κ1) is 16.7. The molecule has 1 aromatic carbocycles. The fourth-order valence-corrected chi connectivity index (χ4v) is 2.31. The van der Waals surface area contributed by atoms with Crippen LogP contribution in [0.4, 0.5) is 23.0 Å². The van der Waals surface area contributed by atoms with Gasteiger partial charge >= 0.3 is 5.69 Å². The molecule has 0 bridgehead atoms. The molecular formula is C15H17N5O5. The lowest BCUT2D eigenvalue weighted by Crippen LogP contribution is -2.10. The molecule has 0 unspecified atom stereocenters. The normalized spacial score (nSPS) is 12.0. The Morgan fingerprint density at radius 2 is 2.08 bits per heavy atom. The highest BCUT2D eigenvalue weighted by Gasteiger charge is 2.23. The van der Waals surface area contributed by atoms with Gasteiger partial charge in [0.2, 0.25) is 18.4 Å². The molecule has 3 rings (SSSR count). The first-order valence-corrected chi connectivity index (χ1v) is 7.58. The lowest BCUT2D eigenvalue weighted by Gasteiger charge is -2.10. The third kappa shape index (κ3) is 3.86. The molecule has 0 fully saturated rings. The molecule has 0 saturated heterocycles. The van der Waals surface area contributed by atoms with E-state index in [-0.39, 0.29) is 24.1 Å². The monoisotopic (exact) mass is 347 g/mol. The number of nitro groups is 1. The van der Waals surface area contributed by atoms with E-state index in [1.807, 2.05) is 0 Å². The summed E-state index contributed by atoms with van der Waals surface area (Å²) in [4.78, 5) is 18.9. The molecule has 2 aromatic rings. The Labute approximate surface area is 143 Å². The van der Waals surface area contributed by atoms with E-state index < -0.39 is 4.92 Å². The van der Waals surface area contributed by atoms with Gasteiger partial charge in [-0.25, -0.2) is 9.97 Å². The first-order valence-electron chi connectivity index (χ1n) is 7.58. The second-order valence-electron chi connectivity index (χ2n) is 5.14. The van der Waals surface area contributed by atoms with E-state index in [1.54, 1.807) is 25.3 Å². The van der Waals surface area contributed by atoms with Gasteiger partial charge in [0.1, 0.15) is 6.33 Å². The molecule has 0 saturated carbocycles. The summed E-state index contributed by atoms with van der Waals surface area (Å²) in [5.74, 6) is 1.44. The molecule has 0 radical (unpaired) electrons. The highest BCUT2D eigenvalue weighted by atomic mass is 16.7. The summed E-state index contributed by atoms with van der Waals surface area (Å²) in [6.07, 6.45) is 1.96. The maximum absolute atomic E-state index is 11.5. The highest BCUT2D eigenvalue weighted by molar-refractivity contribution is 5.74. The number of ether oxygens (including phenoxy) is 3. The molecule has 2 N–H and O–H groups in total. The van der Waals surface area contributed by atoms with Gasteiger partial charge < -0.3 is 24.8 Å². The predicted molar refractivity (Wildman–Crippen MR) is 89.5 cm³/mol. The predicted octanol–water partition coefficient (Wildman–Crippen LogP) is 2.31. The standard InChI is InChI=1S/C15H17N5O5/c1-23-6-2-5-16-14-13(20(21)22)15(18-8-17-14)19-10-3-4-11-12(7-10)25-9-24-11/h3-4,7-8H,2,5-6,9H2,1H3,(H2,16,17,18,19). The molecule has 0 aliphatic carbocycles. The Bertz CT molecular complexity index is 770. The van der Waals surface area contributed by atoms with Gasteiger partial charge in [0.25, 0.3) is 0 Å². The van der Waals surface area contributed by atoms with Crippen LogP contribution in [-0.4, -0.2) is 41.9 Å². The lowest BCUT2D eigenvalue weighted by atomic mass is 10.2. The van der Waals surface area contributed by atoms with E-state index in [0.717, 1.165) is 0 Å². The number of rotatable bonds is 8. The van der Waals surface area contributed by atoms with Crippen molar-refractivity contribution in [1.82, 2.24) is 9.97 Å². The van der Waals surface area contributed by atoms with Crippen LogP contribution in [-0.2, 0) is 4.74 Å². The first-order chi connectivity index (χ1) is 12.2. The smallest absolute Gasteiger partial charge is 0.353 e. The average Bonchev–Trinajstić information content (AvgIpc) is 3.06. The van der Waals surface area contributed by atoms with E-state index in [9.17, 15) is 10.1 Å². The molecule has 1 aromatic heterocycles. The summed E-state index contributed by atoms with van der Waals surface area (Å²) >= 11 is 0. The minimum atomic E-state index is -0.520. The van der Waals surface area contributed by atoms with Crippen molar-refractivity contribution >= 4 is 23.0 Å². The number of methoxy groups -OCH3 is 1. The van der Waals surface area contributed by atoms with Crippen molar-refractivity contribution in [3.8, 4) is 11.5 Å². The molecule has 1 aliphatic rings. The van der Waals surface area contributed by atoms with Crippen molar-refractivity contribution < 1.29 is 19.1 Å². The van der Waals surface area contributed by atoms with Gasteiger partial charge in [0.05, 0.1) is 4.92 Å². The third-order valence-electron chi connectivity index (χ3n) is 3.46. The molecule has 25 heavy (non-hydrogen) atoms. The van der Waals surface area contributed by atoms with Crippen molar-refractivity contribution in [3.05, 3.63) is 34.6 Å². The quantitative estimate of drug-likeness (QED) is 0.421. The Morgan fingerprint density at radius 1 is 1.28 bits per heavy atom. The third-order valence-corrected chi connectivity index (χ3v) is 3.46. The Morgan fingerprint density at radius 3 is 2.88 bits per heavy atom. The van der Waals surface area contributed by atoms with Gasteiger partial charge in [-0.1, -0.05) is 0 Å². The number of aromatic nitrogens is 2. The maximum Gasteiger partial charge on any atom is 0.353 e. The number of nitrogens with zero attached hydrogens (tertiary/aromatic N) is 3. The minimum Gasteiger partial charge on any atom is -0.454 e. The van der Waals surface area contributed by atoms with E-state index in [0.29, 0.717) is 36.8 Å². The maximum atomic E-state index is 11.5. The number of hydrogen-bond donors (Lipinski definition) is 2. The number of benzene rings is 1. The molecule has 0 atom stereocenters. The van der Waals surface area contributed by atoms with Crippen molar-refractivity contribution in [2.45, 2.75) is 6.42 Å². The van der Waals surface area contributed by atoms with Crippen LogP contribution in [0.3, 0.4) is 0 Å². The summed E-state index contributed by atoms with van der Waals surface area (Å²) in [5, 5.41) is 17.4. The summed E-state index contributed by atoms with van der Waals surface area (Å²) in [6, 6.07) is 5.15. The number of anilines is 3. The number of hydrogen-bond acceptors (Lipinski definition) is 9. The van der Waals surface area contributed by atoms with E-state index in [1.165, 1.54) is 6.33 Å². The van der Waals surface area contributed by atoms with Crippen molar-refractivity contribution in [2.75, 3.05) is 37.7 Å². The second-order valence-corrected chi connectivity index (χ2v) is 5.14. The van der Waals surface area contributed by atoms with Crippen molar-refractivity contribution in [3.63, 3.8) is 0 Å². The molecule has 132 valence electrons. The average molecular weight is 347 g/mol. The van der Waals surface area contributed by atoms with E-state index in [4.69, 9.17) is 14.2 Å². The molecule has 10 heteroatoms. The van der Waals surface area contributed by atoms with E-state index in [2.05, 4.69) is 20.6 Å². The lowest BCUT2D eigenvalue weighted by molar-refractivity contribution is -0.383. The van der Waals surface area contributed by atoms with Crippen LogP contribution in [0.2, 0.25) is 0 Å². The summed E-state index contributed by atoms with van der Waals surface area (Å²) in [5.41, 5.74) is 0.369. The van der Waals surface area contributed by atoms with Crippen LogP contribution in [0.15, 0.2) is 24.5 Å². The largest absolute Gasteiger partial charge is 0.454 e. The number of fused-ring (bicyclic) bond motifs is 1. The van der Waals surface area contributed by atoms with Gasteiger partial charge in [-0.05, 0) is 18.6 Å². The van der Waals surface area contributed by atoms with Crippen LogP contribution in [0.5, 0.6) is 11.5 Å². The molecule has 0 spiro atoms. The SMILES string of the molecule is COCCCNc1ncnc(Nc2ccc3c(c2)OCO3)c1[N+](=O)[O-]. The highest BCUT2D eigenvalue weighted by Crippen LogP contribution is 2.37. The Kier molecular flexibility index (Phi) is 5.09. The van der Waals surface area contributed by atoms with Crippen LogP contribution in [0.25, 0.3) is 0 Å². The molecule has 0 amide bonds. The van der Waals surface area contributed by atoms with Gasteiger partial charge in [0.15, 0.2) is 11.5 Å². The summed E-state index contributed by atoms with van der Waals surface area (Å²) < 4.78 is 15.5. The molecule has 2 heterocycles. The van der Waals surface area contributed by atoms with Crippen LogP contribution >= 0.6 is 0 Å². The van der Waals surface area contributed by atoms with Crippen LogP contribution in [0, 0.1) is 10.1 Å². The van der Waals surface area contributed by atoms with Crippen molar-refractivity contribution in [1.29, 1.82) is 0 Å². The Balaban J connectivity index is 1.81. The molecule has 1 aliphatic heterocycles. The fourth-order valence-electron chi connectivity index (χ4n) is 2.31. The second kappa shape index (κ2) is 7.62. The van der Waals surface area contributed by atoms with Gasteiger partial charge in [-0.3, -0.25) is 10.1 Å². The van der Waals surface area contributed by atoms with Crippen LogP contribution in [0.1, 0.15) is 6.42 Å². The van der Waals surface area contributed by atoms with Crippen molar-refractivity contribution in [2.24, 2.45) is 0 Å². The summed E-state index contributed by atoms with van der Waals surface area (Å²) in [7, 11) is 1.60. The van der Waals surface area contributed by atoms with E-state index >= 15 is 0 Å².